The molecular weight excluding hydrogens is 224 g/mol. The Bertz CT molecular complexity index is 245. The zero-order chi connectivity index (χ0) is 14.0. The summed E-state index contributed by atoms with van der Waals surface area (Å²) in [5.74, 6) is 0. The first-order chi connectivity index (χ1) is 8.20. The van der Waals surface area contributed by atoms with Crippen molar-refractivity contribution in [3.8, 4) is 0 Å². The minimum atomic E-state index is 0.104. The molecule has 0 bridgehead atoms. The molecule has 0 aromatic rings. The van der Waals surface area contributed by atoms with Gasteiger partial charge in [-0.2, -0.15) is 0 Å². The van der Waals surface area contributed by atoms with E-state index in [9.17, 15) is 0 Å². The van der Waals surface area contributed by atoms with E-state index >= 15 is 0 Å². The van der Waals surface area contributed by atoms with Crippen LogP contribution < -0.4 is 5.73 Å². The second-order valence-corrected chi connectivity index (χ2v) is 6.99. The summed E-state index contributed by atoms with van der Waals surface area (Å²) in [6.07, 6.45) is 4.56. The van der Waals surface area contributed by atoms with E-state index in [1.165, 1.54) is 6.42 Å². The highest BCUT2D eigenvalue weighted by Crippen LogP contribution is 2.39. The average molecular weight is 256 g/mol. The molecule has 1 fully saturated rings. The largest absolute Gasteiger partial charge is 0.363 e. The highest BCUT2D eigenvalue weighted by molar-refractivity contribution is 5.01. The summed E-state index contributed by atoms with van der Waals surface area (Å²) < 4.78 is 6.01. The summed E-state index contributed by atoms with van der Waals surface area (Å²) in [7, 11) is 0. The fraction of sp³-hybridized carbons (Fsp3) is 1.00. The third-order valence-electron chi connectivity index (χ3n) is 4.05. The molecule has 1 aliphatic rings. The van der Waals surface area contributed by atoms with Gasteiger partial charge in [0.2, 0.25) is 0 Å². The van der Waals surface area contributed by atoms with E-state index in [1.807, 2.05) is 0 Å². The van der Waals surface area contributed by atoms with Crippen molar-refractivity contribution in [3.05, 3.63) is 0 Å². The molecule has 0 amide bonds. The number of nitrogens with two attached hydrogens (primary N) is 1. The van der Waals surface area contributed by atoms with Crippen LogP contribution in [0, 0.1) is 0 Å². The lowest BCUT2D eigenvalue weighted by molar-refractivity contribution is -0.160. The van der Waals surface area contributed by atoms with E-state index in [2.05, 4.69) is 46.4 Å². The van der Waals surface area contributed by atoms with E-state index < -0.39 is 0 Å². The molecule has 0 radical (unpaired) electrons. The Labute approximate surface area is 113 Å². The Hall–Kier alpha value is -0.120. The van der Waals surface area contributed by atoms with Gasteiger partial charge in [-0.05, 0) is 53.9 Å². The van der Waals surface area contributed by atoms with Gasteiger partial charge in [-0.15, -0.1) is 0 Å². The Morgan fingerprint density at radius 1 is 1.22 bits per heavy atom. The molecular formula is C15H32N2O. The van der Waals surface area contributed by atoms with Crippen molar-refractivity contribution >= 4 is 0 Å². The molecule has 2 N–H and O–H groups in total. The van der Waals surface area contributed by atoms with Crippen LogP contribution in [0.2, 0.25) is 0 Å². The van der Waals surface area contributed by atoms with Crippen LogP contribution in [0.15, 0.2) is 0 Å². The maximum atomic E-state index is 6.20. The Kier molecular flexibility index (Phi) is 5.22. The lowest BCUT2D eigenvalue weighted by Crippen LogP contribution is -2.66. The monoisotopic (exact) mass is 256 g/mol. The van der Waals surface area contributed by atoms with Crippen LogP contribution in [0.1, 0.15) is 67.2 Å². The molecule has 0 aliphatic carbocycles. The molecule has 108 valence electrons. The number of hydrogen-bond donors (Lipinski definition) is 1. The van der Waals surface area contributed by atoms with Crippen molar-refractivity contribution < 1.29 is 4.74 Å². The second-order valence-electron chi connectivity index (χ2n) is 6.99. The first-order valence-electron chi connectivity index (χ1n) is 7.37. The molecule has 1 rings (SSSR count). The van der Waals surface area contributed by atoms with Gasteiger partial charge in [-0.1, -0.05) is 13.3 Å². The zero-order valence-corrected chi connectivity index (χ0v) is 13.1. The number of piperidine rings is 1. The number of ether oxygens (including phenoxy) is 1. The minimum Gasteiger partial charge on any atom is -0.363 e. The molecule has 3 heteroatoms. The standard InChI is InChI=1S/C15H32N2O/c1-7-8-9-18-12(2)17-14(3,4)10-13(16)11-15(17,5)6/h12-13H,7-11,16H2,1-6H3. The normalized spacial score (nSPS) is 26.2. The lowest BCUT2D eigenvalue weighted by atomic mass is 9.77. The Morgan fingerprint density at radius 3 is 2.17 bits per heavy atom. The SMILES string of the molecule is CCCCOC(C)N1C(C)(C)CC(N)CC1(C)C. The maximum absolute atomic E-state index is 6.20. The second kappa shape index (κ2) is 5.89. The molecule has 0 spiro atoms. The summed E-state index contributed by atoms with van der Waals surface area (Å²) in [6.45, 7) is 14.4. The number of likely N-dealkylation sites (tertiary alicyclic amines) is 1. The summed E-state index contributed by atoms with van der Waals surface area (Å²) >= 11 is 0. The number of rotatable bonds is 5. The molecule has 0 aromatic carbocycles. The maximum Gasteiger partial charge on any atom is 0.108 e. The van der Waals surface area contributed by atoms with Crippen LogP contribution in [0.3, 0.4) is 0 Å². The van der Waals surface area contributed by atoms with Gasteiger partial charge in [0, 0.05) is 23.7 Å². The number of hydrogen-bond acceptors (Lipinski definition) is 3. The quantitative estimate of drug-likeness (QED) is 0.768. The van der Waals surface area contributed by atoms with Gasteiger partial charge in [0.15, 0.2) is 0 Å². The van der Waals surface area contributed by atoms with Gasteiger partial charge in [0.05, 0.1) is 0 Å². The number of nitrogens with zero attached hydrogens (tertiary/aromatic N) is 1. The van der Waals surface area contributed by atoms with Crippen LogP contribution in [0.4, 0.5) is 0 Å². The first-order valence-corrected chi connectivity index (χ1v) is 7.37. The van der Waals surface area contributed by atoms with E-state index in [1.54, 1.807) is 0 Å². The highest BCUT2D eigenvalue weighted by Gasteiger charge is 2.46. The predicted molar refractivity (Wildman–Crippen MR) is 77.5 cm³/mol. The fourth-order valence-corrected chi connectivity index (χ4v) is 3.83. The van der Waals surface area contributed by atoms with E-state index in [4.69, 9.17) is 10.5 Å². The van der Waals surface area contributed by atoms with Crippen molar-refractivity contribution in [2.24, 2.45) is 5.73 Å². The Morgan fingerprint density at radius 2 is 1.72 bits per heavy atom. The highest BCUT2D eigenvalue weighted by atomic mass is 16.5. The minimum absolute atomic E-state index is 0.104. The molecule has 3 nitrogen and oxygen atoms in total. The van der Waals surface area contributed by atoms with Crippen LogP contribution in [0.5, 0.6) is 0 Å². The topological polar surface area (TPSA) is 38.5 Å². The van der Waals surface area contributed by atoms with Crippen molar-refractivity contribution in [3.63, 3.8) is 0 Å². The zero-order valence-electron chi connectivity index (χ0n) is 13.1. The van der Waals surface area contributed by atoms with Crippen molar-refractivity contribution in [1.82, 2.24) is 4.90 Å². The third kappa shape index (κ3) is 3.69. The molecule has 0 saturated carbocycles. The molecule has 1 saturated heterocycles. The van der Waals surface area contributed by atoms with Crippen LogP contribution in [-0.2, 0) is 4.74 Å². The molecule has 1 unspecified atom stereocenters. The summed E-state index contributed by atoms with van der Waals surface area (Å²) in [6, 6.07) is 0.300. The molecule has 0 aromatic heterocycles. The fourth-order valence-electron chi connectivity index (χ4n) is 3.83. The van der Waals surface area contributed by atoms with Crippen molar-refractivity contribution in [2.75, 3.05) is 6.61 Å². The van der Waals surface area contributed by atoms with Crippen LogP contribution in [0.25, 0.3) is 0 Å². The van der Waals surface area contributed by atoms with Gasteiger partial charge in [0.25, 0.3) is 0 Å². The summed E-state index contributed by atoms with van der Waals surface area (Å²) in [4.78, 5) is 2.51. The van der Waals surface area contributed by atoms with E-state index in [0.29, 0.717) is 6.04 Å². The van der Waals surface area contributed by atoms with Gasteiger partial charge in [-0.25, -0.2) is 0 Å². The van der Waals surface area contributed by atoms with E-state index in [-0.39, 0.29) is 17.3 Å². The number of unbranched alkanes of at least 4 members (excludes halogenated alkanes) is 1. The van der Waals surface area contributed by atoms with Crippen molar-refractivity contribution in [2.45, 2.75) is 90.6 Å². The van der Waals surface area contributed by atoms with E-state index in [0.717, 1.165) is 25.9 Å². The Balaban J connectivity index is 2.75. The van der Waals surface area contributed by atoms with Gasteiger partial charge in [0.1, 0.15) is 6.23 Å². The molecule has 1 atom stereocenters. The van der Waals surface area contributed by atoms with Crippen LogP contribution >= 0.6 is 0 Å². The first kappa shape index (κ1) is 15.9. The van der Waals surface area contributed by atoms with Gasteiger partial charge < -0.3 is 10.5 Å². The predicted octanol–water partition coefficient (Wildman–Crippen LogP) is 3.13. The molecule has 18 heavy (non-hydrogen) atoms. The van der Waals surface area contributed by atoms with Crippen molar-refractivity contribution in [1.29, 1.82) is 0 Å². The van der Waals surface area contributed by atoms with Gasteiger partial charge in [-0.3, -0.25) is 4.90 Å². The lowest BCUT2D eigenvalue weighted by Gasteiger charge is -2.56. The third-order valence-corrected chi connectivity index (χ3v) is 4.05. The summed E-state index contributed by atoms with van der Waals surface area (Å²) in [5.41, 5.74) is 6.41. The summed E-state index contributed by atoms with van der Waals surface area (Å²) in [5, 5.41) is 0. The van der Waals surface area contributed by atoms with Gasteiger partial charge >= 0.3 is 0 Å². The van der Waals surface area contributed by atoms with Crippen LogP contribution in [-0.4, -0.2) is 34.9 Å². The average Bonchev–Trinajstić information content (AvgIpc) is 2.12. The molecule has 1 aliphatic heterocycles. The smallest absolute Gasteiger partial charge is 0.108 e. The molecule has 1 heterocycles.